The van der Waals surface area contributed by atoms with Gasteiger partial charge in [-0.1, -0.05) is 0 Å². The average Bonchev–Trinajstić information content (AvgIpc) is 2.12. The van der Waals surface area contributed by atoms with Gasteiger partial charge in [0.2, 0.25) is 0 Å². The number of likely N-dealkylation sites (tertiary alicyclic amines) is 1. The number of rotatable bonds is 2. The Kier molecular flexibility index (Phi) is 2.32. The van der Waals surface area contributed by atoms with Crippen molar-refractivity contribution < 1.29 is 9.28 Å². The van der Waals surface area contributed by atoms with Crippen LogP contribution in [0.2, 0.25) is 0 Å². The molecule has 0 unspecified atom stereocenters. The number of hydrogen-bond acceptors (Lipinski definition) is 1. The van der Waals surface area contributed by atoms with Gasteiger partial charge in [-0.15, -0.1) is 0 Å². The van der Waals surface area contributed by atoms with Crippen molar-refractivity contribution in [3.8, 4) is 0 Å². The van der Waals surface area contributed by atoms with E-state index in [2.05, 4.69) is 7.05 Å². The summed E-state index contributed by atoms with van der Waals surface area (Å²) in [5.41, 5.74) is 0. The van der Waals surface area contributed by atoms with Crippen LogP contribution >= 0.6 is 11.6 Å². The standard InChI is InChI=1S/C7H13ClNO/c1-9(6-7(8)10)4-2-3-5-9/h2-6H2,1H3/q+1. The van der Waals surface area contributed by atoms with Crippen molar-refractivity contribution in [1.29, 1.82) is 0 Å². The van der Waals surface area contributed by atoms with E-state index in [1.54, 1.807) is 0 Å². The van der Waals surface area contributed by atoms with Gasteiger partial charge in [0.1, 0.15) is 0 Å². The largest absolute Gasteiger partial charge is 0.319 e. The van der Waals surface area contributed by atoms with E-state index in [-0.39, 0.29) is 5.24 Å². The topological polar surface area (TPSA) is 17.1 Å². The van der Waals surface area contributed by atoms with Gasteiger partial charge < -0.3 is 4.48 Å². The minimum Gasteiger partial charge on any atom is -0.319 e. The fraction of sp³-hybridized carbons (Fsp3) is 0.857. The molecule has 1 aliphatic heterocycles. The van der Waals surface area contributed by atoms with Crippen molar-refractivity contribution >= 4 is 16.8 Å². The molecule has 1 fully saturated rings. The SMILES string of the molecule is C[N+]1(CC(=O)Cl)CCCC1. The van der Waals surface area contributed by atoms with Crippen molar-refractivity contribution in [2.75, 3.05) is 26.7 Å². The van der Waals surface area contributed by atoms with E-state index in [0.717, 1.165) is 17.6 Å². The zero-order valence-corrected chi connectivity index (χ0v) is 7.02. The number of nitrogens with zero attached hydrogens (tertiary/aromatic N) is 1. The summed E-state index contributed by atoms with van der Waals surface area (Å²) < 4.78 is 0.850. The molecule has 1 heterocycles. The molecule has 0 bridgehead atoms. The van der Waals surface area contributed by atoms with Crippen LogP contribution in [0.1, 0.15) is 12.8 Å². The number of halogens is 1. The summed E-state index contributed by atoms with van der Waals surface area (Å²) in [4.78, 5) is 10.6. The lowest BCUT2D eigenvalue weighted by molar-refractivity contribution is -0.889. The molecule has 0 spiro atoms. The highest BCUT2D eigenvalue weighted by Crippen LogP contribution is 2.15. The van der Waals surface area contributed by atoms with E-state index in [0.29, 0.717) is 6.54 Å². The highest BCUT2D eigenvalue weighted by Gasteiger charge is 2.28. The van der Waals surface area contributed by atoms with Gasteiger partial charge in [-0.05, 0) is 11.6 Å². The summed E-state index contributed by atoms with van der Waals surface area (Å²) in [6.45, 7) is 2.72. The van der Waals surface area contributed by atoms with E-state index in [1.165, 1.54) is 12.8 Å². The molecule has 1 saturated heterocycles. The van der Waals surface area contributed by atoms with E-state index in [9.17, 15) is 4.79 Å². The molecule has 0 saturated carbocycles. The molecule has 0 aliphatic carbocycles. The minimum absolute atomic E-state index is 0.204. The van der Waals surface area contributed by atoms with Crippen LogP contribution in [-0.2, 0) is 4.79 Å². The summed E-state index contributed by atoms with van der Waals surface area (Å²) in [7, 11) is 2.09. The molecule has 2 nitrogen and oxygen atoms in total. The highest BCUT2D eigenvalue weighted by molar-refractivity contribution is 6.63. The van der Waals surface area contributed by atoms with E-state index in [4.69, 9.17) is 11.6 Å². The van der Waals surface area contributed by atoms with Gasteiger partial charge in [0.15, 0.2) is 6.54 Å². The Morgan fingerprint density at radius 1 is 1.50 bits per heavy atom. The fourth-order valence-electron chi connectivity index (χ4n) is 1.56. The Labute approximate surface area is 66.4 Å². The smallest absolute Gasteiger partial charge is 0.276 e. The van der Waals surface area contributed by atoms with Crippen LogP contribution in [0, 0.1) is 0 Å². The molecule has 1 rings (SSSR count). The van der Waals surface area contributed by atoms with Crippen molar-refractivity contribution in [1.82, 2.24) is 0 Å². The highest BCUT2D eigenvalue weighted by atomic mass is 35.5. The lowest BCUT2D eigenvalue weighted by Gasteiger charge is -2.26. The predicted octanol–water partition coefficient (Wildman–Crippen LogP) is 0.992. The molecule has 0 aromatic rings. The zero-order chi connectivity index (χ0) is 7.61. The Hall–Kier alpha value is -0.0800. The van der Waals surface area contributed by atoms with E-state index in [1.807, 2.05) is 0 Å². The van der Waals surface area contributed by atoms with Gasteiger partial charge >= 0.3 is 0 Å². The van der Waals surface area contributed by atoms with Crippen LogP contribution in [0.3, 0.4) is 0 Å². The Bertz CT molecular complexity index is 141. The number of quaternary nitrogens is 1. The van der Waals surface area contributed by atoms with Crippen LogP contribution in [0.4, 0.5) is 0 Å². The predicted molar refractivity (Wildman–Crippen MR) is 40.9 cm³/mol. The third-order valence-corrected chi connectivity index (χ3v) is 2.27. The lowest BCUT2D eigenvalue weighted by Crippen LogP contribution is -2.43. The maximum Gasteiger partial charge on any atom is 0.276 e. The van der Waals surface area contributed by atoms with Crippen molar-refractivity contribution in [3.05, 3.63) is 0 Å². The van der Waals surface area contributed by atoms with Crippen LogP contribution < -0.4 is 0 Å². The third kappa shape index (κ3) is 1.96. The van der Waals surface area contributed by atoms with Crippen molar-refractivity contribution in [2.24, 2.45) is 0 Å². The van der Waals surface area contributed by atoms with Gasteiger partial charge in [-0.25, -0.2) is 0 Å². The number of likely N-dealkylation sites (N-methyl/N-ethyl adjacent to an activating group) is 1. The van der Waals surface area contributed by atoms with Crippen LogP contribution in [0.25, 0.3) is 0 Å². The Morgan fingerprint density at radius 3 is 2.40 bits per heavy atom. The normalized spacial score (nSPS) is 23.0. The first kappa shape index (κ1) is 8.02. The van der Waals surface area contributed by atoms with Crippen molar-refractivity contribution in [3.63, 3.8) is 0 Å². The maximum absolute atomic E-state index is 10.6. The second kappa shape index (κ2) is 2.89. The molecule has 10 heavy (non-hydrogen) atoms. The van der Waals surface area contributed by atoms with Crippen LogP contribution in [0.5, 0.6) is 0 Å². The summed E-state index contributed by atoms with van der Waals surface area (Å²) in [5.74, 6) is 0. The average molecular weight is 163 g/mol. The quantitative estimate of drug-likeness (QED) is 0.437. The second-order valence-electron chi connectivity index (χ2n) is 3.29. The molecule has 0 radical (unpaired) electrons. The van der Waals surface area contributed by atoms with Gasteiger partial charge in [-0.2, -0.15) is 0 Å². The minimum atomic E-state index is -0.204. The molecule has 0 N–H and O–H groups in total. The van der Waals surface area contributed by atoms with Gasteiger partial charge in [0.05, 0.1) is 20.1 Å². The lowest BCUT2D eigenvalue weighted by atomic mass is 10.4. The summed E-state index contributed by atoms with van der Waals surface area (Å²) >= 11 is 5.29. The second-order valence-corrected chi connectivity index (χ2v) is 3.71. The first-order chi connectivity index (χ1) is 4.62. The van der Waals surface area contributed by atoms with Crippen LogP contribution in [-0.4, -0.2) is 36.4 Å². The summed E-state index contributed by atoms with van der Waals surface area (Å²) in [5, 5.41) is -0.204. The van der Waals surface area contributed by atoms with Gasteiger partial charge in [0, 0.05) is 12.8 Å². The monoisotopic (exact) mass is 162 g/mol. The first-order valence-corrected chi connectivity index (χ1v) is 4.02. The molecule has 1 aliphatic rings. The maximum atomic E-state index is 10.6. The molecular weight excluding hydrogens is 150 g/mol. The zero-order valence-electron chi connectivity index (χ0n) is 6.27. The number of carbonyl (C=O) groups excluding carboxylic acids is 1. The van der Waals surface area contributed by atoms with Gasteiger partial charge in [-0.3, -0.25) is 4.79 Å². The number of hydrogen-bond donors (Lipinski definition) is 0. The van der Waals surface area contributed by atoms with Gasteiger partial charge in [0.25, 0.3) is 5.24 Å². The molecule has 0 amide bonds. The Morgan fingerprint density at radius 2 is 2.00 bits per heavy atom. The van der Waals surface area contributed by atoms with Crippen LogP contribution in [0.15, 0.2) is 0 Å². The molecule has 58 valence electrons. The van der Waals surface area contributed by atoms with Crippen molar-refractivity contribution in [2.45, 2.75) is 12.8 Å². The first-order valence-electron chi connectivity index (χ1n) is 3.64. The summed E-state index contributed by atoms with van der Waals surface area (Å²) in [6, 6.07) is 0. The summed E-state index contributed by atoms with van der Waals surface area (Å²) in [6.07, 6.45) is 2.47. The molecule has 3 heteroatoms. The fourth-order valence-corrected chi connectivity index (χ4v) is 1.85. The molecule has 0 aromatic carbocycles. The third-order valence-electron chi connectivity index (χ3n) is 2.15. The van der Waals surface area contributed by atoms with E-state index < -0.39 is 0 Å². The van der Waals surface area contributed by atoms with E-state index >= 15 is 0 Å². The Balaban J connectivity index is 2.43. The molecule has 0 atom stereocenters. The molecule has 0 aromatic heterocycles. The number of carbonyl (C=O) groups is 1. The molecular formula is C7H13ClNO+.